The third-order valence-corrected chi connectivity index (χ3v) is 5.43. The number of hydrogen-bond acceptors (Lipinski definition) is 1. The SMILES string of the molecule is C=C(C)C1CCC(C)=CC1c1ccc(C(C)(C)CCC)cc1O. The van der Waals surface area contributed by atoms with Crippen LogP contribution in [-0.4, -0.2) is 5.11 Å². The highest BCUT2D eigenvalue weighted by Crippen LogP contribution is 2.43. The van der Waals surface area contributed by atoms with Crippen molar-refractivity contribution in [3.63, 3.8) is 0 Å². The van der Waals surface area contributed by atoms with Gasteiger partial charge in [0.1, 0.15) is 5.75 Å². The zero-order chi connectivity index (χ0) is 17.2. The maximum absolute atomic E-state index is 10.7. The van der Waals surface area contributed by atoms with Gasteiger partial charge in [0.25, 0.3) is 0 Å². The van der Waals surface area contributed by atoms with Crippen molar-refractivity contribution in [2.75, 3.05) is 0 Å². The van der Waals surface area contributed by atoms with Gasteiger partial charge in [0, 0.05) is 11.5 Å². The second-order valence-corrected chi connectivity index (χ2v) is 7.94. The Kier molecular flexibility index (Phi) is 5.39. The van der Waals surface area contributed by atoms with Gasteiger partial charge in [-0.05, 0) is 56.1 Å². The van der Waals surface area contributed by atoms with Crippen molar-refractivity contribution in [2.45, 2.75) is 71.6 Å². The van der Waals surface area contributed by atoms with Gasteiger partial charge in [0.05, 0.1) is 0 Å². The quantitative estimate of drug-likeness (QED) is 0.616. The number of phenols is 1. The summed E-state index contributed by atoms with van der Waals surface area (Å²) in [7, 11) is 0. The Morgan fingerprint density at radius 2 is 2.04 bits per heavy atom. The van der Waals surface area contributed by atoms with E-state index in [1.807, 2.05) is 6.07 Å². The molecule has 0 amide bonds. The number of hydrogen-bond donors (Lipinski definition) is 1. The lowest BCUT2D eigenvalue weighted by Crippen LogP contribution is -2.19. The summed E-state index contributed by atoms with van der Waals surface area (Å²) in [6.45, 7) is 15.2. The normalized spacial score (nSPS) is 21.9. The van der Waals surface area contributed by atoms with Crippen LogP contribution in [-0.2, 0) is 5.41 Å². The minimum Gasteiger partial charge on any atom is -0.508 e. The van der Waals surface area contributed by atoms with Gasteiger partial charge in [-0.15, -0.1) is 0 Å². The largest absolute Gasteiger partial charge is 0.508 e. The van der Waals surface area contributed by atoms with Gasteiger partial charge in [-0.1, -0.05) is 63.1 Å². The molecule has 23 heavy (non-hydrogen) atoms. The predicted octanol–water partition coefficient (Wildman–Crippen LogP) is 6.49. The molecule has 0 spiro atoms. The third kappa shape index (κ3) is 3.88. The van der Waals surface area contributed by atoms with E-state index in [4.69, 9.17) is 0 Å². The van der Waals surface area contributed by atoms with E-state index in [2.05, 4.69) is 59.4 Å². The molecule has 0 aliphatic heterocycles. The average Bonchev–Trinajstić information content (AvgIpc) is 2.46. The van der Waals surface area contributed by atoms with Gasteiger partial charge >= 0.3 is 0 Å². The van der Waals surface area contributed by atoms with E-state index in [1.165, 1.54) is 16.7 Å². The van der Waals surface area contributed by atoms with Gasteiger partial charge in [-0.25, -0.2) is 0 Å². The lowest BCUT2D eigenvalue weighted by atomic mass is 9.73. The van der Waals surface area contributed by atoms with Crippen molar-refractivity contribution >= 4 is 0 Å². The number of allylic oxidation sites excluding steroid dienone is 3. The zero-order valence-corrected chi connectivity index (χ0v) is 15.4. The number of benzene rings is 1. The lowest BCUT2D eigenvalue weighted by molar-refractivity contribution is 0.429. The minimum absolute atomic E-state index is 0.108. The summed E-state index contributed by atoms with van der Waals surface area (Å²) in [6.07, 6.45) is 6.87. The van der Waals surface area contributed by atoms with Crippen LogP contribution in [0.25, 0.3) is 0 Å². The third-order valence-electron chi connectivity index (χ3n) is 5.43. The summed E-state index contributed by atoms with van der Waals surface area (Å²) >= 11 is 0. The number of aromatic hydroxyl groups is 1. The maximum Gasteiger partial charge on any atom is 0.119 e. The van der Waals surface area contributed by atoms with Gasteiger partial charge in [0.2, 0.25) is 0 Å². The monoisotopic (exact) mass is 312 g/mol. The summed E-state index contributed by atoms with van der Waals surface area (Å²) in [5.41, 5.74) is 5.02. The Bertz CT molecular complexity index is 606. The van der Waals surface area contributed by atoms with Crippen LogP contribution >= 0.6 is 0 Å². The standard InChI is InChI=1S/C22H32O/c1-7-12-22(5,6)17-9-11-19(21(23)14-17)20-13-16(4)8-10-18(20)15(2)3/h9,11,13-14,18,20,23H,2,7-8,10,12H2,1,3-6H3. The van der Waals surface area contributed by atoms with Crippen LogP contribution < -0.4 is 0 Å². The Balaban J connectivity index is 2.40. The number of phenolic OH excluding ortho intramolecular Hbond substituents is 1. The average molecular weight is 312 g/mol. The van der Waals surface area contributed by atoms with E-state index in [0.717, 1.165) is 31.2 Å². The van der Waals surface area contributed by atoms with Crippen LogP contribution in [0.5, 0.6) is 5.75 Å². The highest BCUT2D eigenvalue weighted by molar-refractivity contribution is 5.45. The van der Waals surface area contributed by atoms with E-state index in [9.17, 15) is 5.11 Å². The van der Waals surface area contributed by atoms with Gasteiger partial charge in [-0.3, -0.25) is 0 Å². The lowest BCUT2D eigenvalue weighted by Gasteiger charge is -2.32. The molecule has 0 bridgehead atoms. The van der Waals surface area contributed by atoms with Crippen LogP contribution in [0, 0.1) is 5.92 Å². The minimum atomic E-state index is 0.108. The first-order valence-corrected chi connectivity index (χ1v) is 8.92. The van der Waals surface area contributed by atoms with Gasteiger partial charge < -0.3 is 5.11 Å². The zero-order valence-electron chi connectivity index (χ0n) is 15.4. The summed E-state index contributed by atoms with van der Waals surface area (Å²) in [5.74, 6) is 1.12. The van der Waals surface area contributed by atoms with Crippen molar-refractivity contribution in [3.05, 3.63) is 53.1 Å². The molecule has 2 unspecified atom stereocenters. The molecule has 1 N–H and O–H groups in total. The van der Waals surface area contributed by atoms with E-state index >= 15 is 0 Å². The van der Waals surface area contributed by atoms with Crippen LogP contribution in [0.15, 0.2) is 42.0 Å². The summed E-state index contributed by atoms with van der Waals surface area (Å²) in [4.78, 5) is 0. The van der Waals surface area contributed by atoms with Crippen molar-refractivity contribution in [1.82, 2.24) is 0 Å². The highest BCUT2D eigenvalue weighted by atomic mass is 16.3. The first-order valence-electron chi connectivity index (χ1n) is 8.92. The predicted molar refractivity (Wildman–Crippen MR) is 100 cm³/mol. The summed E-state index contributed by atoms with van der Waals surface area (Å²) in [6, 6.07) is 6.33. The molecule has 1 aliphatic carbocycles. The second-order valence-electron chi connectivity index (χ2n) is 7.94. The molecular weight excluding hydrogens is 280 g/mol. The molecule has 0 heterocycles. The molecule has 0 aromatic heterocycles. The molecular formula is C22H32O. The highest BCUT2D eigenvalue weighted by Gasteiger charge is 2.28. The van der Waals surface area contributed by atoms with Gasteiger partial charge in [-0.2, -0.15) is 0 Å². The Morgan fingerprint density at radius 1 is 1.35 bits per heavy atom. The fourth-order valence-corrected chi connectivity index (χ4v) is 3.94. The van der Waals surface area contributed by atoms with Gasteiger partial charge in [0.15, 0.2) is 0 Å². The first kappa shape index (κ1) is 17.8. The van der Waals surface area contributed by atoms with E-state index in [-0.39, 0.29) is 11.3 Å². The molecule has 0 saturated carbocycles. The van der Waals surface area contributed by atoms with Crippen LogP contribution in [0.3, 0.4) is 0 Å². The Labute approximate surface area is 142 Å². The van der Waals surface area contributed by atoms with Crippen molar-refractivity contribution < 1.29 is 5.11 Å². The van der Waals surface area contributed by atoms with Crippen molar-refractivity contribution in [3.8, 4) is 5.75 Å². The molecule has 1 aromatic carbocycles. The summed E-state index contributed by atoms with van der Waals surface area (Å²) < 4.78 is 0. The first-order chi connectivity index (χ1) is 10.8. The maximum atomic E-state index is 10.7. The molecule has 0 radical (unpaired) electrons. The smallest absolute Gasteiger partial charge is 0.119 e. The molecule has 2 atom stereocenters. The molecule has 1 heteroatoms. The second kappa shape index (κ2) is 6.95. The van der Waals surface area contributed by atoms with Crippen LogP contribution in [0.4, 0.5) is 0 Å². The van der Waals surface area contributed by atoms with Crippen LogP contribution in [0.1, 0.15) is 77.3 Å². The van der Waals surface area contributed by atoms with Crippen LogP contribution in [0.2, 0.25) is 0 Å². The molecule has 126 valence electrons. The number of rotatable bonds is 5. The molecule has 0 saturated heterocycles. The topological polar surface area (TPSA) is 20.2 Å². The van der Waals surface area contributed by atoms with E-state index in [1.54, 1.807) is 0 Å². The molecule has 0 fully saturated rings. The Hall–Kier alpha value is -1.50. The fraction of sp³-hybridized carbons (Fsp3) is 0.545. The Morgan fingerprint density at radius 3 is 2.61 bits per heavy atom. The molecule has 2 rings (SSSR count). The van der Waals surface area contributed by atoms with E-state index < -0.39 is 0 Å². The summed E-state index contributed by atoms with van der Waals surface area (Å²) in [5, 5.41) is 10.7. The van der Waals surface area contributed by atoms with Crippen molar-refractivity contribution in [2.24, 2.45) is 5.92 Å². The molecule has 1 aliphatic rings. The van der Waals surface area contributed by atoms with E-state index in [0.29, 0.717) is 11.7 Å². The molecule has 1 nitrogen and oxygen atoms in total. The molecule has 1 aromatic rings. The van der Waals surface area contributed by atoms with Crippen molar-refractivity contribution in [1.29, 1.82) is 0 Å². The fourth-order valence-electron chi connectivity index (χ4n) is 3.94.